The molecule has 1 aromatic carbocycles. The Morgan fingerprint density at radius 2 is 2.05 bits per heavy atom. The molecule has 1 N–H and O–H groups in total. The smallest absolute Gasteiger partial charge is 0.255 e. The number of piperidine rings is 1. The molecule has 0 bridgehead atoms. The highest BCUT2D eigenvalue weighted by Crippen LogP contribution is 2.31. The molecule has 1 aliphatic heterocycles. The molecule has 0 radical (unpaired) electrons. The fourth-order valence-corrected chi connectivity index (χ4v) is 3.41. The number of rotatable bonds is 4. The van der Waals surface area contributed by atoms with Crippen molar-refractivity contribution in [1.29, 1.82) is 0 Å². The zero-order valence-electron chi connectivity index (χ0n) is 11.9. The van der Waals surface area contributed by atoms with Gasteiger partial charge < -0.3 is 10.2 Å². The fraction of sp³-hybridized carbons (Fsp3) is 0.562. The van der Waals surface area contributed by atoms with Crippen LogP contribution in [0.4, 0.5) is 0 Å². The third-order valence-corrected chi connectivity index (χ3v) is 4.79. The van der Waals surface area contributed by atoms with Crippen molar-refractivity contribution in [2.75, 3.05) is 13.1 Å². The standard InChI is InChI=1S/C16H20Cl2N2O/c17-11-4-7-14(15(18)9-11)16(21)20(13-5-6-13)10-12-3-1-2-8-19-12/h4,7,9,12-13,19H,1-3,5-6,8,10H2. The van der Waals surface area contributed by atoms with E-state index in [9.17, 15) is 4.79 Å². The van der Waals surface area contributed by atoms with E-state index in [1.807, 2.05) is 4.90 Å². The Morgan fingerprint density at radius 1 is 1.24 bits per heavy atom. The van der Waals surface area contributed by atoms with E-state index in [1.54, 1.807) is 18.2 Å². The van der Waals surface area contributed by atoms with Gasteiger partial charge in [0.2, 0.25) is 0 Å². The number of benzene rings is 1. The zero-order valence-corrected chi connectivity index (χ0v) is 13.5. The summed E-state index contributed by atoms with van der Waals surface area (Å²) in [6.07, 6.45) is 5.82. The molecular formula is C16H20Cl2N2O. The van der Waals surface area contributed by atoms with Crippen molar-refractivity contribution in [1.82, 2.24) is 10.2 Å². The average molecular weight is 327 g/mol. The van der Waals surface area contributed by atoms with Gasteiger partial charge in [-0.2, -0.15) is 0 Å². The first-order valence-electron chi connectivity index (χ1n) is 7.64. The van der Waals surface area contributed by atoms with E-state index in [4.69, 9.17) is 23.2 Å². The monoisotopic (exact) mass is 326 g/mol. The quantitative estimate of drug-likeness (QED) is 0.914. The van der Waals surface area contributed by atoms with Crippen LogP contribution in [0.15, 0.2) is 18.2 Å². The van der Waals surface area contributed by atoms with E-state index in [0.717, 1.165) is 32.4 Å². The molecule has 1 aromatic rings. The van der Waals surface area contributed by atoms with Crippen molar-refractivity contribution >= 4 is 29.1 Å². The van der Waals surface area contributed by atoms with Gasteiger partial charge in [0.05, 0.1) is 10.6 Å². The molecule has 1 unspecified atom stereocenters. The topological polar surface area (TPSA) is 32.3 Å². The molecular weight excluding hydrogens is 307 g/mol. The minimum Gasteiger partial charge on any atom is -0.334 e. The predicted molar refractivity (Wildman–Crippen MR) is 86.2 cm³/mol. The lowest BCUT2D eigenvalue weighted by Crippen LogP contribution is -2.46. The molecule has 1 aliphatic carbocycles. The average Bonchev–Trinajstić information content (AvgIpc) is 3.30. The predicted octanol–water partition coefficient (Wildman–Crippen LogP) is 3.74. The van der Waals surface area contributed by atoms with E-state index >= 15 is 0 Å². The number of halogens is 2. The van der Waals surface area contributed by atoms with Crippen molar-refractivity contribution in [2.24, 2.45) is 0 Å². The van der Waals surface area contributed by atoms with E-state index in [-0.39, 0.29) is 5.91 Å². The summed E-state index contributed by atoms with van der Waals surface area (Å²) in [6.45, 7) is 1.83. The summed E-state index contributed by atoms with van der Waals surface area (Å²) in [5.41, 5.74) is 0.559. The second kappa shape index (κ2) is 6.55. The molecule has 2 aliphatic rings. The number of carbonyl (C=O) groups excluding carboxylic acids is 1. The van der Waals surface area contributed by atoms with Gasteiger partial charge in [-0.05, 0) is 50.4 Å². The zero-order chi connectivity index (χ0) is 14.8. The minimum atomic E-state index is 0.0338. The van der Waals surface area contributed by atoms with Crippen molar-refractivity contribution < 1.29 is 4.79 Å². The van der Waals surface area contributed by atoms with Crippen LogP contribution in [0.5, 0.6) is 0 Å². The molecule has 1 atom stereocenters. The molecule has 0 spiro atoms. The van der Waals surface area contributed by atoms with Crippen LogP contribution in [-0.2, 0) is 0 Å². The summed E-state index contributed by atoms with van der Waals surface area (Å²) in [5, 5.41) is 4.51. The number of nitrogens with one attached hydrogen (secondary N) is 1. The first-order valence-corrected chi connectivity index (χ1v) is 8.40. The van der Waals surface area contributed by atoms with Gasteiger partial charge in [0.1, 0.15) is 0 Å². The van der Waals surface area contributed by atoms with Crippen molar-refractivity contribution in [3.05, 3.63) is 33.8 Å². The van der Waals surface area contributed by atoms with Gasteiger partial charge in [-0.25, -0.2) is 0 Å². The van der Waals surface area contributed by atoms with E-state index in [2.05, 4.69) is 5.32 Å². The van der Waals surface area contributed by atoms with Gasteiger partial charge in [0.15, 0.2) is 0 Å². The largest absolute Gasteiger partial charge is 0.334 e. The van der Waals surface area contributed by atoms with Crippen molar-refractivity contribution in [3.63, 3.8) is 0 Å². The lowest BCUT2D eigenvalue weighted by Gasteiger charge is -2.31. The van der Waals surface area contributed by atoms with Crippen molar-refractivity contribution in [2.45, 2.75) is 44.2 Å². The Kier molecular flexibility index (Phi) is 4.72. The molecule has 2 fully saturated rings. The van der Waals surface area contributed by atoms with Crippen LogP contribution in [0.3, 0.4) is 0 Å². The second-order valence-electron chi connectivity index (χ2n) is 5.96. The lowest BCUT2D eigenvalue weighted by atomic mass is 10.0. The van der Waals surface area contributed by atoms with Gasteiger partial charge >= 0.3 is 0 Å². The Bertz CT molecular complexity index is 525. The fourth-order valence-electron chi connectivity index (χ4n) is 2.92. The summed E-state index contributed by atoms with van der Waals surface area (Å²) < 4.78 is 0. The Hall–Kier alpha value is -0.770. The second-order valence-corrected chi connectivity index (χ2v) is 6.80. The highest BCUT2D eigenvalue weighted by atomic mass is 35.5. The lowest BCUT2D eigenvalue weighted by molar-refractivity contribution is 0.0718. The first kappa shape index (κ1) is 15.1. The normalized spacial score (nSPS) is 22.1. The van der Waals surface area contributed by atoms with Gasteiger partial charge in [-0.1, -0.05) is 29.6 Å². The molecule has 114 valence electrons. The van der Waals surface area contributed by atoms with Crippen LogP contribution in [0.1, 0.15) is 42.5 Å². The maximum atomic E-state index is 12.8. The highest BCUT2D eigenvalue weighted by Gasteiger charge is 2.35. The van der Waals surface area contributed by atoms with Gasteiger partial charge in [-0.15, -0.1) is 0 Å². The van der Waals surface area contributed by atoms with Crippen molar-refractivity contribution in [3.8, 4) is 0 Å². The Morgan fingerprint density at radius 3 is 2.67 bits per heavy atom. The Balaban J connectivity index is 1.75. The maximum absolute atomic E-state index is 12.8. The summed E-state index contributed by atoms with van der Waals surface area (Å²) in [5.74, 6) is 0.0338. The van der Waals surface area contributed by atoms with Crippen LogP contribution >= 0.6 is 23.2 Å². The molecule has 3 rings (SSSR count). The van der Waals surface area contributed by atoms with E-state index in [0.29, 0.717) is 27.7 Å². The number of hydrogen-bond acceptors (Lipinski definition) is 2. The number of hydrogen-bond donors (Lipinski definition) is 1. The van der Waals surface area contributed by atoms with E-state index in [1.165, 1.54) is 12.8 Å². The third-order valence-electron chi connectivity index (χ3n) is 4.24. The molecule has 0 aromatic heterocycles. The number of carbonyl (C=O) groups is 1. The third kappa shape index (κ3) is 3.71. The summed E-state index contributed by atoms with van der Waals surface area (Å²) in [7, 11) is 0. The first-order chi connectivity index (χ1) is 10.1. The highest BCUT2D eigenvalue weighted by molar-refractivity contribution is 6.36. The minimum absolute atomic E-state index is 0.0338. The molecule has 3 nitrogen and oxygen atoms in total. The SMILES string of the molecule is O=C(c1ccc(Cl)cc1Cl)N(CC1CCCCN1)C1CC1. The van der Waals surface area contributed by atoms with Crippen LogP contribution < -0.4 is 5.32 Å². The van der Waals surface area contributed by atoms with Crippen LogP contribution in [0, 0.1) is 0 Å². The Labute approximate surface area is 135 Å². The molecule has 21 heavy (non-hydrogen) atoms. The molecule has 5 heteroatoms. The summed E-state index contributed by atoms with van der Waals surface area (Å²) in [4.78, 5) is 14.8. The van der Waals surface area contributed by atoms with Crippen LogP contribution in [0.2, 0.25) is 10.0 Å². The van der Waals surface area contributed by atoms with Gasteiger partial charge in [-0.3, -0.25) is 4.79 Å². The van der Waals surface area contributed by atoms with Crippen LogP contribution in [0.25, 0.3) is 0 Å². The van der Waals surface area contributed by atoms with Gasteiger partial charge in [0, 0.05) is 23.7 Å². The summed E-state index contributed by atoms with van der Waals surface area (Å²) in [6, 6.07) is 5.89. The van der Waals surface area contributed by atoms with E-state index < -0.39 is 0 Å². The number of nitrogens with zero attached hydrogens (tertiary/aromatic N) is 1. The maximum Gasteiger partial charge on any atom is 0.255 e. The van der Waals surface area contributed by atoms with Gasteiger partial charge in [0.25, 0.3) is 5.91 Å². The van der Waals surface area contributed by atoms with Crippen LogP contribution in [-0.4, -0.2) is 36.0 Å². The molecule has 1 amide bonds. The molecule has 1 heterocycles. The number of amides is 1. The molecule has 1 saturated carbocycles. The molecule has 1 saturated heterocycles. The summed E-state index contributed by atoms with van der Waals surface area (Å²) >= 11 is 12.1.